The van der Waals surface area contributed by atoms with Crippen molar-refractivity contribution >= 4 is 49.5 Å². The Kier molecular flexibility index (Phi) is 5.85. The van der Waals surface area contributed by atoms with E-state index < -0.39 is 0 Å². The molecular formula is C31H25BrN4O3. The molecule has 8 heteroatoms. The Bertz CT molecular complexity index is 1810. The number of hydrogen-bond acceptors (Lipinski definition) is 4. The molecule has 0 saturated carbocycles. The molecule has 39 heavy (non-hydrogen) atoms. The van der Waals surface area contributed by atoms with Crippen molar-refractivity contribution in [1.29, 1.82) is 0 Å². The van der Waals surface area contributed by atoms with Gasteiger partial charge in [0.05, 0.1) is 34.5 Å². The first-order chi connectivity index (χ1) is 19.0. The Morgan fingerprint density at radius 1 is 1.05 bits per heavy atom. The van der Waals surface area contributed by atoms with E-state index in [1.807, 2.05) is 65.6 Å². The van der Waals surface area contributed by atoms with E-state index in [1.165, 1.54) is 5.57 Å². The Hall–Kier alpha value is -4.17. The number of nitrogens with zero attached hydrogens (tertiary/aromatic N) is 3. The van der Waals surface area contributed by atoms with Gasteiger partial charge in [-0.2, -0.15) is 0 Å². The SMILES string of the molecule is O=C(OCc1ccccc1)N1C2C=C(c3ccc(-n4c(=O)[nH]c5cnc6ccc(Br)cc6c54)cc3)CC1CC2. The first kappa shape index (κ1) is 23.9. The number of carbonyl (C=O) groups excluding carboxylic acids is 1. The van der Waals surface area contributed by atoms with Crippen LogP contribution in [0.15, 0.2) is 94.3 Å². The minimum atomic E-state index is -0.246. The zero-order valence-corrected chi connectivity index (χ0v) is 22.6. The lowest BCUT2D eigenvalue weighted by atomic mass is 9.95. The van der Waals surface area contributed by atoms with Crippen molar-refractivity contribution in [2.45, 2.75) is 38.0 Å². The number of aromatic amines is 1. The number of hydrogen-bond donors (Lipinski definition) is 1. The van der Waals surface area contributed by atoms with Gasteiger partial charge in [0.15, 0.2) is 0 Å². The van der Waals surface area contributed by atoms with Gasteiger partial charge in [-0.05, 0) is 66.3 Å². The molecular weight excluding hydrogens is 556 g/mol. The summed E-state index contributed by atoms with van der Waals surface area (Å²) in [5.41, 5.74) is 6.22. The van der Waals surface area contributed by atoms with Crippen molar-refractivity contribution in [3.05, 3.63) is 111 Å². The van der Waals surface area contributed by atoms with Crippen molar-refractivity contribution in [3.63, 3.8) is 0 Å². The Labute approximate surface area is 232 Å². The zero-order valence-electron chi connectivity index (χ0n) is 21.0. The van der Waals surface area contributed by atoms with Gasteiger partial charge in [0, 0.05) is 15.9 Å². The van der Waals surface area contributed by atoms with Crippen LogP contribution >= 0.6 is 15.9 Å². The van der Waals surface area contributed by atoms with E-state index >= 15 is 0 Å². The Morgan fingerprint density at radius 2 is 1.87 bits per heavy atom. The molecule has 2 atom stereocenters. The summed E-state index contributed by atoms with van der Waals surface area (Å²) in [5, 5.41) is 0.898. The largest absolute Gasteiger partial charge is 0.445 e. The third-order valence-electron chi connectivity index (χ3n) is 7.78. The number of aromatic nitrogens is 3. The summed E-state index contributed by atoms with van der Waals surface area (Å²) in [5.74, 6) is 0. The maximum atomic E-state index is 13.0. The molecule has 2 aromatic heterocycles. The van der Waals surface area contributed by atoms with E-state index in [-0.39, 0.29) is 30.5 Å². The van der Waals surface area contributed by atoms with E-state index in [1.54, 1.807) is 10.8 Å². The van der Waals surface area contributed by atoms with Crippen LogP contribution in [0.2, 0.25) is 0 Å². The van der Waals surface area contributed by atoms with Gasteiger partial charge in [-0.1, -0.05) is 64.5 Å². The summed E-state index contributed by atoms with van der Waals surface area (Å²) in [7, 11) is 0. The second kappa shape index (κ2) is 9.54. The van der Waals surface area contributed by atoms with Gasteiger partial charge in [-0.3, -0.25) is 14.5 Å². The van der Waals surface area contributed by atoms with Gasteiger partial charge in [-0.15, -0.1) is 0 Å². The molecule has 1 N–H and O–H groups in total. The van der Waals surface area contributed by atoms with E-state index in [9.17, 15) is 9.59 Å². The fraction of sp³-hybridized carbons (Fsp3) is 0.194. The molecule has 5 aromatic rings. The highest BCUT2D eigenvalue weighted by atomic mass is 79.9. The van der Waals surface area contributed by atoms with Crippen LogP contribution in [0.3, 0.4) is 0 Å². The molecule has 2 unspecified atom stereocenters. The number of rotatable bonds is 4. The average molecular weight is 581 g/mol. The number of amides is 1. The predicted molar refractivity (Wildman–Crippen MR) is 155 cm³/mol. The summed E-state index contributed by atoms with van der Waals surface area (Å²) in [6, 6.07) is 23.9. The number of imidazole rings is 1. The molecule has 0 spiro atoms. The lowest BCUT2D eigenvalue weighted by Gasteiger charge is -2.33. The topological polar surface area (TPSA) is 80.2 Å². The van der Waals surface area contributed by atoms with Crippen LogP contribution in [0, 0.1) is 0 Å². The van der Waals surface area contributed by atoms with Crippen LogP contribution in [0.1, 0.15) is 30.4 Å². The van der Waals surface area contributed by atoms with E-state index in [2.05, 4.69) is 44.1 Å². The maximum absolute atomic E-state index is 13.0. The summed E-state index contributed by atoms with van der Waals surface area (Å²) < 4.78 is 8.28. The minimum absolute atomic E-state index is 0.0373. The van der Waals surface area contributed by atoms with Crippen LogP contribution in [-0.2, 0) is 11.3 Å². The highest BCUT2D eigenvalue weighted by molar-refractivity contribution is 9.10. The molecule has 2 aliphatic rings. The molecule has 7 nitrogen and oxygen atoms in total. The first-order valence-corrected chi connectivity index (χ1v) is 13.8. The van der Waals surface area contributed by atoms with Crippen molar-refractivity contribution in [3.8, 4) is 5.69 Å². The second-order valence-corrected chi connectivity index (χ2v) is 11.1. The van der Waals surface area contributed by atoms with Crippen molar-refractivity contribution in [2.75, 3.05) is 0 Å². The van der Waals surface area contributed by atoms with Gasteiger partial charge in [0.2, 0.25) is 0 Å². The number of carbonyl (C=O) groups is 1. The van der Waals surface area contributed by atoms with Crippen LogP contribution < -0.4 is 5.69 Å². The van der Waals surface area contributed by atoms with Gasteiger partial charge in [0.25, 0.3) is 0 Å². The molecule has 3 aromatic carbocycles. The summed E-state index contributed by atoms with van der Waals surface area (Å²) in [6.07, 6.45) is 6.35. The van der Waals surface area contributed by atoms with Crippen LogP contribution in [0.25, 0.3) is 33.2 Å². The molecule has 7 rings (SSSR count). The number of ether oxygens (including phenoxy) is 1. The zero-order chi connectivity index (χ0) is 26.5. The molecule has 1 amide bonds. The quantitative estimate of drug-likeness (QED) is 0.260. The third kappa shape index (κ3) is 4.25. The molecule has 1 saturated heterocycles. The van der Waals surface area contributed by atoms with Gasteiger partial charge >= 0.3 is 11.8 Å². The van der Waals surface area contributed by atoms with E-state index in [0.29, 0.717) is 5.52 Å². The van der Waals surface area contributed by atoms with Crippen molar-refractivity contribution in [2.24, 2.45) is 0 Å². The van der Waals surface area contributed by atoms with Crippen molar-refractivity contribution in [1.82, 2.24) is 19.4 Å². The number of nitrogens with one attached hydrogen (secondary N) is 1. The Morgan fingerprint density at radius 3 is 2.67 bits per heavy atom. The maximum Gasteiger partial charge on any atom is 0.410 e. The average Bonchev–Trinajstić information content (AvgIpc) is 3.44. The number of fused-ring (bicyclic) bond motifs is 5. The molecule has 1 fully saturated rings. The molecule has 0 radical (unpaired) electrons. The summed E-state index contributed by atoms with van der Waals surface area (Å²) in [4.78, 5) is 35.3. The molecule has 194 valence electrons. The number of benzene rings is 3. The number of halogens is 1. The predicted octanol–water partition coefficient (Wildman–Crippen LogP) is 6.59. The smallest absolute Gasteiger partial charge is 0.410 e. The molecule has 2 bridgehead atoms. The van der Waals surface area contributed by atoms with E-state index in [0.717, 1.165) is 57.0 Å². The lowest BCUT2D eigenvalue weighted by Crippen LogP contribution is -2.43. The molecule has 0 aliphatic carbocycles. The standard InChI is InChI=1S/C31H25BrN4O3/c32-22-8-13-27-26(16-22)29-28(17-33-27)34-30(37)36(29)23-9-6-20(7-10-23)21-14-24-11-12-25(15-21)35(24)31(38)39-18-19-4-2-1-3-5-19/h1-10,13-14,16-17,24-25H,11-12,15,18H2,(H,34,37). The number of pyridine rings is 1. The summed E-state index contributed by atoms with van der Waals surface area (Å²) in [6.45, 7) is 0.281. The first-order valence-electron chi connectivity index (χ1n) is 13.0. The van der Waals surface area contributed by atoms with Gasteiger partial charge in [-0.25, -0.2) is 9.59 Å². The van der Waals surface area contributed by atoms with Crippen molar-refractivity contribution < 1.29 is 9.53 Å². The van der Waals surface area contributed by atoms with Crippen LogP contribution in [0.4, 0.5) is 4.79 Å². The normalized spacial score (nSPS) is 18.5. The monoisotopic (exact) mass is 580 g/mol. The van der Waals surface area contributed by atoms with Gasteiger partial charge < -0.3 is 9.72 Å². The third-order valence-corrected chi connectivity index (χ3v) is 8.27. The van der Waals surface area contributed by atoms with E-state index in [4.69, 9.17) is 4.74 Å². The fourth-order valence-corrected chi connectivity index (χ4v) is 6.31. The summed E-state index contributed by atoms with van der Waals surface area (Å²) >= 11 is 3.54. The highest BCUT2D eigenvalue weighted by Crippen LogP contribution is 2.39. The highest BCUT2D eigenvalue weighted by Gasteiger charge is 2.40. The van der Waals surface area contributed by atoms with Crippen LogP contribution in [-0.4, -0.2) is 37.6 Å². The Balaban J connectivity index is 1.15. The fourth-order valence-electron chi connectivity index (χ4n) is 5.95. The van der Waals surface area contributed by atoms with Crippen LogP contribution in [0.5, 0.6) is 0 Å². The minimum Gasteiger partial charge on any atom is -0.445 e. The lowest BCUT2D eigenvalue weighted by molar-refractivity contribution is 0.0832. The van der Waals surface area contributed by atoms with Gasteiger partial charge in [0.1, 0.15) is 6.61 Å². The molecule has 4 heterocycles. The molecule has 2 aliphatic heterocycles. The number of H-pyrrole nitrogens is 1. The second-order valence-electron chi connectivity index (χ2n) is 10.1.